The summed E-state index contributed by atoms with van der Waals surface area (Å²) in [5.41, 5.74) is 2.06. The molecule has 1 unspecified atom stereocenters. The molecule has 1 atom stereocenters. The number of hydrogen-bond acceptors (Lipinski definition) is 3. The quantitative estimate of drug-likeness (QED) is 0.886. The first kappa shape index (κ1) is 16.2. The van der Waals surface area contributed by atoms with Crippen molar-refractivity contribution in [2.24, 2.45) is 0 Å². The van der Waals surface area contributed by atoms with Crippen LogP contribution in [0.4, 0.5) is 5.69 Å². The van der Waals surface area contributed by atoms with E-state index in [1.54, 1.807) is 23.1 Å². The van der Waals surface area contributed by atoms with Crippen molar-refractivity contribution in [3.63, 3.8) is 0 Å². The number of nitrogens with one attached hydrogen (secondary N) is 1. The van der Waals surface area contributed by atoms with Crippen molar-refractivity contribution in [3.05, 3.63) is 65.7 Å². The molecule has 124 valence electrons. The molecule has 0 spiro atoms. The second-order valence-electron chi connectivity index (χ2n) is 5.82. The maximum Gasteiger partial charge on any atom is 0.251 e. The zero-order valence-electron chi connectivity index (χ0n) is 13.3. The van der Waals surface area contributed by atoms with E-state index < -0.39 is 6.04 Å². The van der Waals surface area contributed by atoms with Crippen LogP contribution in [0.5, 0.6) is 0 Å². The molecule has 2 aromatic carbocycles. The number of anilines is 1. The third-order valence-electron chi connectivity index (χ3n) is 4.18. The Balaban J connectivity index is 1.76. The van der Waals surface area contributed by atoms with Crippen LogP contribution in [-0.2, 0) is 4.79 Å². The topological polar surface area (TPSA) is 69.6 Å². The van der Waals surface area contributed by atoms with Crippen LogP contribution in [0, 0.1) is 0 Å². The molecule has 0 saturated carbocycles. The lowest BCUT2D eigenvalue weighted by Crippen LogP contribution is -2.31. The molecule has 0 bridgehead atoms. The standard InChI is InChI=1S/C19H20N2O3/c22-13-17(14-6-2-1-3-7-14)20-19(24)15-8-4-9-16(12-15)21-11-5-10-18(21)23/h1-4,6-9,12,17,22H,5,10-11,13H2,(H,20,24). The second kappa shape index (κ2) is 7.27. The number of benzene rings is 2. The number of aliphatic hydroxyl groups is 1. The van der Waals surface area contributed by atoms with Gasteiger partial charge in [-0.2, -0.15) is 0 Å². The normalized spacial score (nSPS) is 15.4. The number of carbonyl (C=O) groups is 2. The van der Waals surface area contributed by atoms with E-state index in [2.05, 4.69) is 5.32 Å². The number of nitrogens with zero attached hydrogens (tertiary/aromatic N) is 1. The Bertz CT molecular complexity index is 730. The molecule has 3 rings (SSSR count). The number of hydrogen-bond donors (Lipinski definition) is 2. The van der Waals surface area contributed by atoms with Crippen LogP contribution in [0.1, 0.15) is 34.8 Å². The molecule has 0 radical (unpaired) electrons. The summed E-state index contributed by atoms with van der Waals surface area (Å²) in [5.74, 6) is -0.184. The molecule has 0 aliphatic carbocycles. The fraction of sp³-hybridized carbons (Fsp3) is 0.263. The molecule has 2 aromatic rings. The Morgan fingerprint density at radius 2 is 1.96 bits per heavy atom. The van der Waals surface area contributed by atoms with Crippen LogP contribution in [-0.4, -0.2) is 30.1 Å². The van der Waals surface area contributed by atoms with Gasteiger partial charge >= 0.3 is 0 Å². The fourth-order valence-corrected chi connectivity index (χ4v) is 2.90. The van der Waals surface area contributed by atoms with E-state index in [-0.39, 0.29) is 18.4 Å². The van der Waals surface area contributed by atoms with Gasteiger partial charge in [-0.3, -0.25) is 9.59 Å². The lowest BCUT2D eigenvalue weighted by molar-refractivity contribution is -0.117. The van der Waals surface area contributed by atoms with E-state index in [0.29, 0.717) is 18.5 Å². The Hall–Kier alpha value is -2.66. The predicted molar refractivity (Wildman–Crippen MR) is 91.8 cm³/mol. The Morgan fingerprint density at radius 3 is 2.62 bits per heavy atom. The van der Waals surface area contributed by atoms with Crippen LogP contribution < -0.4 is 10.2 Å². The van der Waals surface area contributed by atoms with Crippen LogP contribution in [0.25, 0.3) is 0 Å². The lowest BCUT2D eigenvalue weighted by Gasteiger charge is -2.19. The number of aliphatic hydroxyl groups excluding tert-OH is 1. The van der Waals surface area contributed by atoms with Crippen molar-refractivity contribution < 1.29 is 14.7 Å². The molecule has 2 amide bonds. The first-order chi connectivity index (χ1) is 11.7. The van der Waals surface area contributed by atoms with Crippen LogP contribution in [0.2, 0.25) is 0 Å². The van der Waals surface area contributed by atoms with E-state index in [1.807, 2.05) is 36.4 Å². The van der Waals surface area contributed by atoms with Gasteiger partial charge in [-0.25, -0.2) is 0 Å². The molecule has 1 saturated heterocycles. The summed E-state index contributed by atoms with van der Waals surface area (Å²) in [6.45, 7) is 0.507. The van der Waals surface area contributed by atoms with Gasteiger partial charge in [0.1, 0.15) is 0 Å². The summed E-state index contributed by atoms with van der Waals surface area (Å²) in [4.78, 5) is 26.1. The summed E-state index contributed by atoms with van der Waals surface area (Å²) >= 11 is 0. The third kappa shape index (κ3) is 3.46. The molecule has 5 heteroatoms. The third-order valence-corrected chi connectivity index (χ3v) is 4.18. The van der Waals surface area contributed by atoms with Crippen molar-refractivity contribution in [2.75, 3.05) is 18.1 Å². The highest BCUT2D eigenvalue weighted by Crippen LogP contribution is 2.22. The number of rotatable bonds is 5. The van der Waals surface area contributed by atoms with Gasteiger partial charge in [0.15, 0.2) is 0 Å². The largest absolute Gasteiger partial charge is 0.394 e. The highest BCUT2D eigenvalue weighted by atomic mass is 16.3. The molecule has 2 N–H and O–H groups in total. The maximum absolute atomic E-state index is 12.5. The predicted octanol–water partition coefficient (Wildman–Crippen LogP) is 2.28. The minimum Gasteiger partial charge on any atom is -0.394 e. The van der Waals surface area contributed by atoms with Crippen LogP contribution in [0.3, 0.4) is 0 Å². The van der Waals surface area contributed by atoms with E-state index in [4.69, 9.17) is 0 Å². The zero-order valence-corrected chi connectivity index (χ0v) is 13.3. The van der Waals surface area contributed by atoms with E-state index in [1.165, 1.54) is 0 Å². The smallest absolute Gasteiger partial charge is 0.251 e. The number of carbonyl (C=O) groups excluding carboxylic acids is 2. The van der Waals surface area contributed by atoms with Crippen molar-refractivity contribution in [2.45, 2.75) is 18.9 Å². The summed E-state index contributed by atoms with van der Waals surface area (Å²) in [7, 11) is 0. The van der Waals surface area contributed by atoms with E-state index in [9.17, 15) is 14.7 Å². The first-order valence-corrected chi connectivity index (χ1v) is 8.06. The summed E-state index contributed by atoms with van der Waals surface area (Å²) in [6.07, 6.45) is 1.40. The molecular weight excluding hydrogens is 304 g/mol. The summed E-state index contributed by atoms with van der Waals surface area (Å²) in [5, 5.41) is 12.4. The number of amides is 2. The van der Waals surface area contributed by atoms with Gasteiger partial charge in [-0.15, -0.1) is 0 Å². The van der Waals surface area contributed by atoms with Crippen molar-refractivity contribution in [1.29, 1.82) is 0 Å². The highest BCUT2D eigenvalue weighted by molar-refractivity contribution is 5.99. The van der Waals surface area contributed by atoms with Gasteiger partial charge < -0.3 is 15.3 Å². The molecule has 24 heavy (non-hydrogen) atoms. The first-order valence-electron chi connectivity index (χ1n) is 8.06. The van der Waals surface area contributed by atoms with Crippen molar-refractivity contribution in [1.82, 2.24) is 5.32 Å². The Kier molecular flexibility index (Phi) is 4.91. The second-order valence-corrected chi connectivity index (χ2v) is 5.82. The average molecular weight is 324 g/mol. The SMILES string of the molecule is O=C(NC(CO)c1ccccc1)c1cccc(N2CCCC2=O)c1. The van der Waals surface area contributed by atoms with Crippen molar-refractivity contribution >= 4 is 17.5 Å². The van der Waals surface area contributed by atoms with E-state index >= 15 is 0 Å². The van der Waals surface area contributed by atoms with Gasteiger partial charge in [0.05, 0.1) is 12.6 Å². The molecule has 1 aliphatic rings. The molecule has 5 nitrogen and oxygen atoms in total. The van der Waals surface area contributed by atoms with Crippen LogP contribution in [0.15, 0.2) is 54.6 Å². The lowest BCUT2D eigenvalue weighted by atomic mass is 10.1. The van der Waals surface area contributed by atoms with Gasteiger partial charge in [-0.1, -0.05) is 36.4 Å². The molecule has 1 heterocycles. The Morgan fingerprint density at radius 1 is 1.17 bits per heavy atom. The van der Waals surface area contributed by atoms with Crippen LogP contribution >= 0.6 is 0 Å². The maximum atomic E-state index is 12.5. The summed E-state index contributed by atoms with van der Waals surface area (Å²) < 4.78 is 0. The molecular formula is C19H20N2O3. The van der Waals surface area contributed by atoms with Gasteiger partial charge in [0, 0.05) is 24.2 Å². The van der Waals surface area contributed by atoms with Gasteiger partial charge in [0.25, 0.3) is 5.91 Å². The molecule has 1 fully saturated rings. The molecule has 1 aliphatic heterocycles. The summed E-state index contributed by atoms with van der Waals surface area (Å²) in [6, 6.07) is 15.9. The average Bonchev–Trinajstić information content (AvgIpc) is 3.06. The minimum absolute atomic E-state index is 0.0880. The minimum atomic E-state index is -0.462. The molecule has 0 aromatic heterocycles. The fourth-order valence-electron chi connectivity index (χ4n) is 2.90. The van der Waals surface area contributed by atoms with E-state index in [0.717, 1.165) is 17.7 Å². The highest BCUT2D eigenvalue weighted by Gasteiger charge is 2.22. The Labute approximate surface area is 140 Å². The van der Waals surface area contributed by atoms with Gasteiger partial charge in [-0.05, 0) is 30.2 Å². The monoisotopic (exact) mass is 324 g/mol. The van der Waals surface area contributed by atoms with Gasteiger partial charge in [0.2, 0.25) is 5.91 Å². The van der Waals surface area contributed by atoms with Crippen molar-refractivity contribution in [3.8, 4) is 0 Å². The zero-order chi connectivity index (χ0) is 16.9.